The molecule has 1 N–H and O–H groups in total. The average Bonchev–Trinajstić information content (AvgIpc) is 2.90. The number of sulfonamides is 1. The first-order valence-electron chi connectivity index (χ1n) is 12.1. The molecule has 0 aliphatic carbocycles. The van der Waals surface area contributed by atoms with Crippen LogP contribution >= 0.6 is 34.2 Å². The molecule has 0 aliphatic heterocycles. The third-order valence-electron chi connectivity index (χ3n) is 5.84. The number of rotatable bonds is 11. The van der Waals surface area contributed by atoms with E-state index in [1.54, 1.807) is 73.7 Å². The molecule has 0 bridgehead atoms. The van der Waals surface area contributed by atoms with Crippen LogP contribution in [-0.2, 0) is 26.2 Å². The number of anilines is 1. The molecule has 1 atom stereocenters. The summed E-state index contributed by atoms with van der Waals surface area (Å²) in [5, 5.41) is 3.42. The fraction of sp³-hybridized carbons (Fsp3) is 0.286. The highest BCUT2D eigenvalue weighted by Crippen LogP contribution is 2.25. The van der Waals surface area contributed by atoms with Crippen LogP contribution in [0.2, 0.25) is 5.02 Å². The first-order chi connectivity index (χ1) is 18.0. The molecule has 38 heavy (non-hydrogen) atoms. The van der Waals surface area contributed by atoms with Crippen molar-refractivity contribution in [1.29, 1.82) is 0 Å². The Bertz CT molecular complexity index is 1330. The van der Waals surface area contributed by atoms with Gasteiger partial charge in [0.1, 0.15) is 12.6 Å². The first-order valence-corrected chi connectivity index (χ1v) is 15.0. The Balaban J connectivity index is 1.98. The van der Waals surface area contributed by atoms with Gasteiger partial charge >= 0.3 is 0 Å². The van der Waals surface area contributed by atoms with Gasteiger partial charge in [0.25, 0.3) is 10.0 Å². The van der Waals surface area contributed by atoms with Crippen LogP contribution in [0, 0.1) is 9.49 Å². The lowest BCUT2D eigenvalue weighted by molar-refractivity contribution is -0.139. The highest BCUT2D eigenvalue weighted by molar-refractivity contribution is 14.1. The van der Waals surface area contributed by atoms with E-state index in [0.717, 1.165) is 13.4 Å². The lowest BCUT2D eigenvalue weighted by atomic mass is 10.1. The van der Waals surface area contributed by atoms with Crippen LogP contribution in [0.15, 0.2) is 83.8 Å². The maximum Gasteiger partial charge on any atom is 0.264 e. The van der Waals surface area contributed by atoms with Gasteiger partial charge in [-0.25, -0.2) is 8.42 Å². The molecule has 7 nitrogen and oxygen atoms in total. The number of nitrogens with zero attached hydrogens (tertiary/aromatic N) is 2. The standard InChI is InChI=1S/C28H31ClIN3O4S/c1-20(2)17-31-28(35)21(3)32(18-22-9-11-23(29)12-10-22)27(34)19-33(25-15-13-24(30)14-16-25)38(36,37)26-7-5-4-6-8-26/h4-16,20-21H,17-19H2,1-3H3,(H,31,35). The van der Waals surface area contributed by atoms with E-state index in [1.165, 1.54) is 17.0 Å². The van der Waals surface area contributed by atoms with Crippen molar-refractivity contribution in [1.82, 2.24) is 10.2 Å². The zero-order valence-corrected chi connectivity index (χ0v) is 25.2. The van der Waals surface area contributed by atoms with E-state index in [-0.39, 0.29) is 23.3 Å². The van der Waals surface area contributed by atoms with E-state index in [1.807, 2.05) is 13.8 Å². The second kappa shape index (κ2) is 13.4. The first kappa shape index (κ1) is 29.9. The monoisotopic (exact) mass is 667 g/mol. The van der Waals surface area contributed by atoms with Gasteiger partial charge in [-0.15, -0.1) is 0 Å². The number of nitrogens with one attached hydrogen (secondary N) is 1. The minimum absolute atomic E-state index is 0.0679. The van der Waals surface area contributed by atoms with Crippen LogP contribution in [0.5, 0.6) is 0 Å². The smallest absolute Gasteiger partial charge is 0.264 e. The van der Waals surface area contributed by atoms with Crippen LogP contribution in [0.3, 0.4) is 0 Å². The van der Waals surface area contributed by atoms with Crippen molar-refractivity contribution in [3.8, 4) is 0 Å². The van der Waals surface area contributed by atoms with E-state index in [0.29, 0.717) is 17.3 Å². The minimum atomic E-state index is -4.08. The summed E-state index contributed by atoms with van der Waals surface area (Å²) in [4.78, 5) is 28.3. The molecule has 0 heterocycles. The second-order valence-electron chi connectivity index (χ2n) is 9.26. The molecule has 3 rings (SSSR count). The Hall–Kier alpha value is -2.63. The molecular formula is C28H31ClIN3O4S. The van der Waals surface area contributed by atoms with Crippen LogP contribution in [0.25, 0.3) is 0 Å². The van der Waals surface area contributed by atoms with Crippen LogP contribution in [0.1, 0.15) is 26.3 Å². The number of carbonyl (C=O) groups excluding carboxylic acids is 2. The van der Waals surface area contributed by atoms with Gasteiger partial charge in [-0.3, -0.25) is 13.9 Å². The van der Waals surface area contributed by atoms with E-state index in [2.05, 4.69) is 27.9 Å². The predicted octanol–water partition coefficient (Wildman–Crippen LogP) is 5.33. The van der Waals surface area contributed by atoms with Crippen molar-refractivity contribution < 1.29 is 18.0 Å². The molecule has 0 aliphatic rings. The SMILES string of the molecule is CC(C)CNC(=O)C(C)N(Cc1ccc(Cl)cc1)C(=O)CN(c1ccc(I)cc1)S(=O)(=O)c1ccccc1. The van der Waals surface area contributed by atoms with Crippen molar-refractivity contribution in [3.63, 3.8) is 0 Å². The van der Waals surface area contributed by atoms with Gasteiger partial charge in [0, 0.05) is 21.7 Å². The quantitative estimate of drug-likeness (QED) is 0.280. The van der Waals surface area contributed by atoms with Gasteiger partial charge in [0.2, 0.25) is 11.8 Å². The van der Waals surface area contributed by atoms with Crippen molar-refractivity contribution in [2.45, 2.75) is 38.3 Å². The summed E-state index contributed by atoms with van der Waals surface area (Å²) < 4.78 is 29.4. The van der Waals surface area contributed by atoms with Crippen LogP contribution in [0.4, 0.5) is 5.69 Å². The number of hydrogen-bond acceptors (Lipinski definition) is 4. The Labute approximate surface area is 243 Å². The zero-order valence-electron chi connectivity index (χ0n) is 21.5. The largest absolute Gasteiger partial charge is 0.354 e. The van der Waals surface area contributed by atoms with E-state index >= 15 is 0 Å². The molecule has 0 spiro atoms. The molecule has 0 aromatic heterocycles. The summed E-state index contributed by atoms with van der Waals surface area (Å²) >= 11 is 8.17. The average molecular weight is 668 g/mol. The van der Waals surface area contributed by atoms with Gasteiger partial charge < -0.3 is 10.2 Å². The summed E-state index contributed by atoms with van der Waals surface area (Å²) in [5.74, 6) is -0.586. The third-order valence-corrected chi connectivity index (χ3v) is 8.60. The molecule has 10 heteroatoms. The summed E-state index contributed by atoms with van der Waals surface area (Å²) in [6.07, 6.45) is 0. The summed E-state index contributed by atoms with van der Waals surface area (Å²) in [5.41, 5.74) is 1.11. The number of benzene rings is 3. The zero-order chi connectivity index (χ0) is 27.9. The van der Waals surface area contributed by atoms with Crippen molar-refractivity contribution >= 4 is 61.7 Å². The van der Waals surface area contributed by atoms with E-state index in [9.17, 15) is 18.0 Å². The van der Waals surface area contributed by atoms with Crippen LogP contribution < -0.4 is 9.62 Å². The molecule has 3 aromatic carbocycles. The molecule has 3 aromatic rings. The van der Waals surface area contributed by atoms with Gasteiger partial charge in [0.05, 0.1) is 10.6 Å². The number of halogens is 2. The van der Waals surface area contributed by atoms with Gasteiger partial charge in [0.15, 0.2) is 0 Å². The van der Waals surface area contributed by atoms with Crippen molar-refractivity contribution in [2.75, 3.05) is 17.4 Å². The molecule has 0 radical (unpaired) electrons. The summed E-state index contributed by atoms with van der Waals surface area (Å²) in [7, 11) is -4.08. The fourth-order valence-corrected chi connectivity index (χ4v) is 5.60. The van der Waals surface area contributed by atoms with Gasteiger partial charge in [-0.2, -0.15) is 0 Å². The number of carbonyl (C=O) groups is 2. The number of hydrogen-bond donors (Lipinski definition) is 1. The molecule has 0 saturated carbocycles. The maximum atomic E-state index is 13.8. The lowest BCUT2D eigenvalue weighted by Gasteiger charge is -2.32. The van der Waals surface area contributed by atoms with Crippen LogP contribution in [-0.4, -0.2) is 44.3 Å². The summed E-state index contributed by atoms with van der Waals surface area (Å²) in [6, 6.07) is 21.0. The topological polar surface area (TPSA) is 86.8 Å². The van der Waals surface area contributed by atoms with E-state index < -0.39 is 28.5 Å². The molecule has 2 amide bonds. The number of amides is 2. The van der Waals surface area contributed by atoms with E-state index in [4.69, 9.17) is 11.6 Å². The predicted molar refractivity (Wildman–Crippen MR) is 159 cm³/mol. The Morgan fingerprint density at radius 2 is 1.53 bits per heavy atom. The molecular weight excluding hydrogens is 637 g/mol. The highest BCUT2D eigenvalue weighted by atomic mass is 127. The fourth-order valence-electron chi connectivity index (χ4n) is 3.68. The molecule has 1 unspecified atom stereocenters. The van der Waals surface area contributed by atoms with Crippen molar-refractivity contribution in [3.05, 3.63) is 93.0 Å². The van der Waals surface area contributed by atoms with Crippen molar-refractivity contribution in [2.24, 2.45) is 5.92 Å². The third kappa shape index (κ3) is 7.94. The van der Waals surface area contributed by atoms with Gasteiger partial charge in [-0.05, 0) is 89.5 Å². The lowest BCUT2D eigenvalue weighted by Crippen LogP contribution is -2.51. The maximum absolute atomic E-state index is 13.8. The molecule has 0 fully saturated rings. The Kier molecular flexibility index (Phi) is 10.6. The minimum Gasteiger partial charge on any atom is -0.354 e. The Morgan fingerprint density at radius 3 is 2.11 bits per heavy atom. The Morgan fingerprint density at radius 1 is 0.921 bits per heavy atom. The normalized spacial score (nSPS) is 12.2. The summed E-state index contributed by atoms with van der Waals surface area (Å²) in [6.45, 7) is 5.70. The second-order valence-corrected chi connectivity index (χ2v) is 12.8. The van der Waals surface area contributed by atoms with Gasteiger partial charge in [-0.1, -0.05) is 55.8 Å². The highest BCUT2D eigenvalue weighted by Gasteiger charge is 2.32. The molecule has 0 saturated heterocycles. The molecule has 202 valence electrons.